The number of hydrogen-bond donors (Lipinski definition) is 1. The van der Waals surface area contributed by atoms with E-state index in [4.69, 9.17) is 24.2 Å². The summed E-state index contributed by atoms with van der Waals surface area (Å²) in [5, 5.41) is 3.49. The summed E-state index contributed by atoms with van der Waals surface area (Å²) in [6.45, 7) is 6.13. The van der Waals surface area contributed by atoms with Crippen LogP contribution in [0.15, 0.2) is 36.9 Å². The van der Waals surface area contributed by atoms with Gasteiger partial charge in [0.15, 0.2) is 5.82 Å². The van der Waals surface area contributed by atoms with Gasteiger partial charge in [0.2, 0.25) is 0 Å². The minimum absolute atomic E-state index is 0.294. The Balaban J connectivity index is 1.69. The number of rotatable bonds is 5. The van der Waals surface area contributed by atoms with Gasteiger partial charge in [-0.15, -0.1) is 0 Å². The van der Waals surface area contributed by atoms with Crippen molar-refractivity contribution in [1.82, 2.24) is 25.3 Å². The number of methoxy groups -OCH3 is 2. The highest BCUT2D eigenvalue weighted by Gasteiger charge is 2.45. The monoisotopic (exact) mass is 494 g/mol. The number of esters is 1. The van der Waals surface area contributed by atoms with Gasteiger partial charge in [-0.3, -0.25) is 9.97 Å². The van der Waals surface area contributed by atoms with Crippen LogP contribution in [-0.2, 0) is 14.3 Å². The van der Waals surface area contributed by atoms with E-state index in [2.05, 4.69) is 20.2 Å². The summed E-state index contributed by atoms with van der Waals surface area (Å²) >= 11 is 0. The van der Waals surface area contributed by atoms with E-state index < -0.39 is 23.2 Å². The van der Waals surface area contributed by atoms with Gasteiger partial charge in [0.1, 0.15) is 22.7 Å². The molecular weight excluding hydrogens is 464 g/mol. The largest absolute Gasteiger partial charge is 0.494 e. The molecule has 0 saturated carbocycles. The number of fused-ring (bicyclic) bond motifs is 1. The lowest BCUT2D eigenvalue weighted by Gasteiger charge is -2.40. The molecule has 190 valence electrons. The molecule has 3 aromatic rings. The van der Waals surface area contributed by atoms with Crippen LogP contribution in [0.5, 0.6) is 5.75 Å². The number of hydrogen-bond acceptors (Lipinski definition) is 10. The SMILES string of the molecule is COC(=O)C1(NC(=O)OC(C)(C)C)CCN(c2nc(-c3ccncc3)nc3cncc(OC)c23)CC1. The molecule has 1 fully saturated rings. The highest BCUT2D eigenvalue weighted by molar-refractivity contribution is 5.96. The van der Waals surface area contributed by atoms with Crippen molar-refractivity contribution in [2.24, 2.45) is 0 Å². The zero-order chi connectivity index (χ0) is 25.9. The molecule has 1 aliphatic rings. The molecule has 0 aromatic carbocycles. The second-order valence-electron chi connectivity index (χ2n) is 9.53. The summed E-state index contributed by atoms with van der Waals surface area (Å²) in [6, 6.07) is 3.67. The molecule has 0 radical (unpaired) electrons. The van der Waals surface area contributed by atoms with Crippen LogP contribution >= 0.6 is 0 Å². The molecule has 0 unspecified atom stereocenters. The first-order valence-corrected chi connectivity index (χ1v) is 11.6. The predicted octanol–water partition coefficient (Wildman–Crippen LogP) is 3.13. The van der Waals surface area contributed by atoms with Crippen LogP contribution in [-0.4, -0.2) is 70.4 Å². The summed E-state index contributed by atoms with van der Waals surface area (Å²) in [7, 11) is 2.88. The number of ether oxygens (including phenoxy) is 3. The van der Waals surface area contributed by atoms with Gasteiger partial charge in [-0.05, 0) is 45.7 Å². The minimum atomic E-state index is -1.21. The molecule has 0 aliphatic carbocycles. The van der Waals surface area contributed by atoms with Crippen LogP contribution in [0.2, 0.25) is 0 Å². The fourth-order valence-corrected chi connectivity index (χ4v) is 4.22. The molecular formula is C25H30N6O5. The van der Waals surface area contributed by atoms with Gasteiger partial charge >= 0.3 is 12.1 Å². The molecule has 0 atom stereocenters. The van der Waals surface area contributed by atoms with Crippen LogP contribution in [0.1, 0.15) is 33.6 Å². The zero-order valence-corrected chi connectivity index (χ0v) is 21.1. The second-order valence-corrected chi connectivity index (χ2v) is 9.53. The highest BCUT2D eigenvalue weighted by Crippen LogP contribution is 2.36. The third-order valence-electron chi connectivity index (χ3n) is 5.94. The average Bonchev–Trinajstić information content (AvgIpc) is 2.87. The Labute approximate surface area is 209 Å². The van der Waals surface area contributed by atoms with Crippen LogP contribution in [0.4, 0.5) is 10.6 Å². The third-order valence-corrected chi connectivity index (χ3v) is 5.94. The average molecular weight is 495 g/mol. The number of piperidine rings is 1. The van der Waals surface area contributed by atoms with Crippen LogP contribution < -0.4 is 15.0 Å². The molecule has 4 heterocycles. The Morgan fingerprint density at radius 2 is 1.72 bits per heavy atom. The van der Waals surface area contributed by atoms with Crippen LogP contribution in [0.3, 0.4) is 0 Å². The van der Waals surface area contributed by atoms with Gasteiger partial charge in [0, 0.05) is 31.0 Å². The first kappa shape index (κ1) is 25.1. The molecule has 36 heavy (non-hydrogen) atoms. The molecule has 3 aromatic heterocycles. The van der Waals surface area contributed by atoms with Crippen molar-refractivity contribution in [3.63, 3.8) is 0 Å². The summed E-state index contributed by atoms with van der Waals surface area (Å²) in [5.41, 5.74) is -0.474. The Hall–Kier alpha value is -4.02. The van der Waals surface area contributed by atoms with E-state index in [1.54, 1.807) is 52.7 Å². The van der Waals surface area contributed by atoms with Gasteiger partial charge < -0.3 is 24.4 Å². The quantitative estimate of drug-likeness (QED) is 0.528. The van der Waals surface area contributed by atoms with E-state index in [0.717, 1.165) is 10.9 Å². The number of nitrogens with one attached hydrogen (secondary N) is 1. The van der Waals surface area contributed by atoms with E-state index in [1.165, 1.54) is 7.11 Å². The molecule has 1 amide bonds. The fourth-order valence-electron chi connectivity index (χ4n) is 4.22. The first-order chi connectivity index (χ1) is 17.2. The number of nitrogens with zero attached hydrogens (tertiary/aromatic N) is 5. The molecule has 0 bridgehead atoms. The lowest BCUT2D eigenvalue weighted by molar-refractivity contribution is -0.149. The molecule has 1 saturated heterocycles. The highest BCUT2D eigenvalue weighted by atomic mass is 16.6. The number of amides is 1. The van der Waals surface area contributed by atoms with E-state index >= 15 is 0 Å². The van der Waals surface area contributed by atoms with Crippen molar-refractivity contribution in [1.29, 1.82) is 0 Å². The maximum atomic E-state index is 12.8. The van der Waals surface area contributed by atoms with E-state index in [-0.39, 0.29) is 0 Å². The van der Waals surface area contributed by atoms with Gasteiger partial charge in [-0.25, -0.2) is 19.6 Å². The maximum absolute atomic E-state index is 12.8. The van der Waals surface area contributed by atoms with E-state index in [0.29, 0.717) is 48.8 Å². The molecule has 11 heteroatoms. The molecule has 0 spiro atoms. The number of carbonyl (C=O) groups excluding carboxylic acids is 2. The van der Waals surface area contributed by atoms with Crippen molar-refractivity contribution in [3.8, 4) is 17.1 Å². The van der Waals surface area contributed by atoms with Crippen molar-refractivity contribution >= 4 is 28.8 Å². The molecule has 4 rings (SSSR count). The number of aromatic nitrogens is 4. The first-order valence-electron chi connectivity index (χ1n) is 11.6. The lowest BCUT2D eigenvalue weighted by Crippen LogP contribution is -2.61. The standard InChI is InChI=1S/C25H30N6O5/c1-24(2,3)36-23(33)30-25(22(32)35-5)8-12-31(13-9-25)21-19-17(14-27-15-18(19)34-4)28-20(29-21)16-6-10-26-11-7-16/h6-7,10-11,14-15H,8-9,12-13H2,1-5H3,(H,30,33). The van der Waals surface area contributed by atoms with Crippen LogP contribution in [0.25, 0.3) is 22.3 Å². The van der Waals surface area contributed by atoms with Crippen molar-refractivity contribution < 1.29 is 23.8 Å². The van der Waals surface area contributed by atoms with Gasteiger partial charge in [0.25, 0.3) is 0 Å². The molecule has 11 nitrogen and oxygen atoms in total. The Bertz CT molecular complexity index is 1250. The smallest absolute Gasteiger partial charge is 0.408 e. The molecule has 1 N–H and O–H groups in total. The van der Waals surface area contributed by atoms with Gasteiger partial charge in [-0.2, -0.15) is 0 Å². The van der Waals surface area contributed by atoms with Crippen molar-refractivity contribution in [2.45, 2.75) is 44.8 Å². The Morgan fingerprint density at radius 1 is 1.03 bits per heavy atom. The summed E-state index contributed by atoms with van der Waals surface area (Å²) in [4.78, 5) is 45.3. The number of pyridine rings is 2. The summed E-state index contributed by atoms with van der Waals surface area (Å²) in [6.07, 6.45) is 6.57. The number of carbonyl (C=O) groups is 2. The summed E-state index contributed by atoms with van der Waals surface area (Å²) in [5.74, 6) is 1.20. The van der Waals surface area contributed by atoms with Gasteiger partial charge in [0.05, 0.1) is 37.5 Å². The van der Waals surface area contributed by atoms with Crippen molar-refractivity contribution in [2.75, 3.05) is 32.2 Å². The topological polar surface area (TPSA) is 129 Å². The van der Waals surface area contributed by atoms with Crippen LogP contribution in [0, 0.1) is 0 Å². The molecule has 1 aliphatic heterocycles. The lowest BCUT2D eigenvalue weighted by atomic mass is 9.87. The predicted molar refractivity (Wildman–Crippen MR) is 133 cm³/mol. The second kappa shape index (κ2) is 9.92. The van der Waals surface area contributed by atoms with Crippen molar-refractivity contribution in [3.05, 3.63) is 36.9 Å². The number of anilines is 1. The third kappa shape index (κ3) is 5.14. The Kier molecular flexibility index (Phi) is 6.91. The Morgan fingerprint density at radius 3 is 2.33 bits per heavy atom. The van der Waals surface area contributed by atoms with E-state index in [9.17, 15) is 9.59 Å². The summed E-state index contributed by atoms with van der Waals surface area (Å²) < 4.78 is 16.0. The van der Waals surface area contributed by atoms with Gasteiger partial charge in [-0.1, -0.05) is 0 Å². The normalized spacial score (nSPS) is 15.3. The minimum Gasteiger partial charge on any atom is -0.494 e. The zero-order valence-electron chi connectivity index (χ0n) is 21.1. The maximum Gasteiger partial charge on any atom is 0.408 e. The number of alkyl carbamates (subject to hydrolysis) is 1. The fraction of sp³-hybridized carbons (Fsp3) is 0.440. The van der Waals surface area contributed by atoms with E-state index in [1.807, 2.05) is 12.1 Å².